The largest absolute Gasteiger partial charge is 0.426 e. The number of carbonyl (C=O) groups is 1. The van der Waals surface area contributed by atoms with Crippen molar-refractivity contribution in [2.24, 2.45) is 0 Å². The maximum absolute atomic E-state index is 12.8. The van der Waals surface area contributed by atoms with Crippen molar-refractivity contribution in [3.63, 3.8) is 0 Å². The van der Waals surface area contributed by atoms with Gasteiger partial charge in [0.25, 0.3) is 0 Å². The first-order valence-electron chi connectivity index (χ1n) is 10.2. The first-order valence-corrected chi connectivity index (χ1v) is 10.2. The van der Waals surface area contributed by atoms with Crippen molar-refractivity contribution in [2.75, 3.05) is 38.1 Å². The van der Waals surface area contributed by atoms with Crippen LogP contribution in [0.3, 0.4) is 0 Å². The summed E-state index contributed by atoms with van der Waals surface area (Å²) in [5.74, 6) is 0.253. The molecular formula is C23H26N4O2. The second kappa shape index (κ2) is 6.88. The number of fused-ring (bicyclic) bond motifs is 2. The third-order valence-electron chi connectivity index (χ3n) is 6.15. The molecule has 5 rings (SSSR count). The van der Waals surface area contributed by atoms with Gasteiger partial charge in [0.15, 0.2) is 0 Å². The zero-order valence-corrected chi connectivity index (χ0v) is 17.2. The molecule has 1 atom stereocenters. The summed E-state index contributed by atoms with van der Waals surface area (Å²) in [7, 11) is 2.15. The highest BCUT2D eigenvalue weighted by Gasteiger charge is 2.31. The molecule has 0 aliphatic carbocycles. The van der Waals surface area contributed by atoms with Crippen LogP contribution in [0.4, 0.5) is 5.69 Å². The van der Waals surface area contributed by atoms with E-state index >= 15 is 0 Å². The van der Waals surface area contributed by atoms with Crippen molar-refractivity contribution < 1.29 is 9.53 Å². The Bertz CT molecular complexity index is 1100. The van der Waals surface area contributed by atoms with Crippen LogP contribution in [-0.2, 0) is 11.2 Å². The van der Waals surface area contributed by atoms with Crippen LogP contribution >= 0.6 is 0 Å². The molecule has 1 saturated heterocycles. The Hall–Kier alpha value is -2.86. The number of hydrogen-bond acceptors (Lipinski definition) is 5. The quantitative estimate of drug-likeness (QED) is 0.497. The molecule has 0 N–H and O–H groups in total. The Morgan fingerprint density at radius 3 is 2.66 bits per heavy atom. The van der Waals surface area contributed by atoms with E-state index in [2.05, 4.69) is 44.4 Å². The Balaban J connectivity index is 1.42. The van der Waals surface area contributed by atoms with Crippen LogP contribution in [0.5, 0.6) is 5.75 Å². The van der Waals surface area contributed by atoms with E-state index in [4.69, 9.17) is 4.74 Å². The first-order chi connectivity index (χ1) is 14.0. The number of piperazine rings is 1. The molecule has 2 aromatic heterocycles. The van der Waals surface area contributed by atoms with Gasteiger partial charge in [-0.3, -0.25) is 9.78 Å². The van der Waals surface area contributed by atoms with Crippen LogP contribution in [0.1, 0.15) is 28.4 Å². The van der Waals surface area contributed by atoms with Crippen molar-refractivity contribution in [3.8, 4) is 5.75 Å². The van der Waals surface area contributed by atoms with Crippen LogP contribution in [0.15, 0.2) is 36.7 Å². The maximum Gasteiger partial charge on any atom is 0.319 e. The maximum atomic E-state index is 12.8. The van der Waals surface area contributed by atoms with E-state index in [-0.39, 0.29) is 11.9 Å². The molecule has 150 valence electrons. The molecule has 2 aliphatic rings. The summed E-state index contributed by atoms with van der Waals surface area (Å²) >= 11 is 0. The summed E-state index contributed by atoms with van der Waals surface area (Å²) in [5, 5.41) is 0. The molecule has 4 heterocycles. The van der Waals surface area contributed by atoms with Crippen molar-refractivity contribution in [1.29, 1.82) is 0 Å². The zero-order chi connectivity index (χ0) is 20.1. The van der Waals surface area contributed by atoms with Gasteiger partial charge in [-0.05, 0) is 50.6 Å². The van der Waals surface area contributed by atoms with Gasteiger partial charge in [0.05, 0.1) is 22.8 Å². The number of esters is 1. The molecule has 0 amide bonds. The van der Waals surface area contributed by atoms with Crippen molar-refractivity contribution >= 4 is 17.2 Å². The Morgan fingerprint density at radius 1 is 1.07 bits per heavy atom. The molecule has 6 nitrogen and oxygen atoms in total. The van der Waals surface area contributed by atoms with E-state index in [1.54, 1.807) is 0 Å². The molecule has 29 heavy (non-hydrogen) atoms. The smallest absolute Gasteiger partial charge is 0.319 e. The molecule has 1 aromatic carbocycles. The molecule has 6 heteroatoms. The van der Waals surface area contributed by atoms with Gasteiger partial charge in [0, 0.05) is 50.3 Å². The van der Waals surface area contributed by atoms with Gasteiger partial charge in [-0.15, -0.1) is 0 Å². The monoisotopic (exact) mass is 390 g/mol. The molecule has 0 radical (unpaired) electrons. The highest BCUT2D eigenvalue weighted by Crippen LogP contribution is 2.36. The van der Waals surface area contributed by atoms with Gasteiger partial charge in [-0.2, -0.15) is 0 Å². The Morgan fingerprint density at radius 2 is 1.86 bits per heavy atom. The molecular weight excluding hydrogens is 364 g/mol. The lowest BCUT2D eigenvalue weighted by Crippen LogP contribution is -2.44. The van der Waals surface area contributed by atoms with Crippen LogP contribution in [0.25, 0.3) is 5.52 Å². The molecule has 0 spiro atoms. The number of nitrogens with zero attached hydrogens (tertiary/aromatic N) is 4. The second-order valence-electron chi connectivity index (χ2n) is 8.29. The molecule has 1 unspecified atom stereocenters. The first kappa shape index (κ1) is 18.2. The summed E-state index contributed by atoms with van der Waals surface area (Å²) in [6.45, 7) is 8.07. The topological polar surface area (TPSA) is 50.1 Å². The van der Waals surface area contributed by atoms with Gasteiger partial charge in [0.2, 0.25) is 0 Å². The fraction of sp³-hybridized carbons (Fsp3) is 0.391. The van der Waals surface area contributed by atoms with E-state index in [0.717, 1.165) is 59.9 Å². The number of aromatic nitrogens is 2. The normalized spacial score (nSPS) is 20.0. The number of likely N-dealkylation sites (N-methyl/N-ethyl adjacent to an activating group) is 1. The lowest BCUT2D eigenvalue weighted by molar-refractivity contribution is -0.137. The SMILES string of the molecule is Cc1cn2cc(C3Cc4ccc(N5CCN(C)CC5)cc4OC3=O)cc2c(C)n1. The average molecular weight is 390 g/mol. The summed E-state index contributed by atoms with van der Waals surface area (Å²) < 4.78 is 7.86. The van der Waals surface area contributed by atoms with E-state index < -0.39 is 0 Å². The average Bonchev–Trinajstić information content (AvgIpc) is 3.11. The van der Waals surface area contributed by atoms with Gasteiger partial charge < -0.3 is 18.9 Å². The van der Waals surface area contributed by atoms with Crippen LogP contribution in [-0.4, -0.2) is 53.5 Å². The minimum absolute atomic E-state index is 0.175. The van der Waals surface area contributed by atoms with Crippen LogP contribution < -0.4 is 9.64 Å². The van der Waals surface area contributed by atoms with Gasteiger partial charge in [-0.1, -0.05) is 6.07 Å². The predicted octanol–water partition coefficient (Wildman–Crippen LogP) is 2.95. The molecule has 0 bridgehead atoms. The van der Waals surface area contributed by atoms with Crippen LogP contribution in [0.2, 0.25) is 0 Å². The number of benzene rings is 1. The lowest BCUT2D eigenvalue weighted by Gasteiger charge is -2.34. The number of rotatable bonds is 2. The van der Waals surface area contributed by atoms with Crippen molar-refractivity contribution in [1.82, 2.24) is 14.3 Å². The minimum Gasteiger partial charge on any atom is -0.426 e. The summed E-state index contributed by atoms with van der Waals surface area (Å²) in [6.07, 6.45) is 4.70. The Kier molecular flexibility index (Phi) is 4.32. The number of aryl methyl sites for hydroxylation is 2. The number of ether oxygens (including phenoxy) is 1. The van der Waals surface area contributed by atoms with Crippen molar-refractivity contribution in [3.05, 3.63) is 59.2 Å². The number of carbonyl (C=O) groups excluding carboxylic acids is 1. The lowest BCUT2D eigenvalue weighted by atomic mass is 9.91. The third kappa shape index (κ3) is 3.27. The van der Waals surface area contributed by atoms with E-state index in [1.807, 2.05) is 32.3 Å². The van der Waals surface area contributed by atoms with E-state index in [0.29, 0.717) is 12.2 Å². The fourth-order valence-corrected chi connectivity index (χ4v) is 4.45. The van der Waals surface area contributed by atoms with E-state index in [9.17, 15) is 4.79 Å². The minimum atomic E-state index is -0.281. The number of anilines is 1. The van der Waals surface area contributed by atoms with E-state index in [1.165, 1.54) is 0 Å². The fourth-order valence-electron chi connectivity index (χ4n) is 4.45. The summed E-state index contributed by atoms with van der Waals surface area (Å²) in [5.41, 5.74) is 6.18. The predicted molar refractivity (Wildman–Crippen MR) is 113 cm³/mol. The summed E-state index contributed by atoms with van der Waals surface area (Å²) in [6, 6.07) is 8.38. The summed E-state index contributed by atoms with van der Waals surface area (Å²) in [4.78, 5) is 22.1. The standard InChI is InChI=1S/C23H26N4O2/c1-15-13-27-14-18(11-21(27)16(2)24-15)20-10-17-4-5-19(12-22(17)29-23(20)28)26-8-6-25(3)7-9-26/h4-5,11-14,20H,6-10H2,1-3H3. The zero-order valence-electron chi connectivity index (χ0n) is 17.2. The number of hydrogen-bond donors (Lipinski definition) is 0. The molecule has 3 aromatic rings. The van der Waals surface area contributed by atoms with Gasteiger partial charge in [-0.25, -0.2) is 0 Å². The van der Waals surface area contributed by atoms with Crippen molar-refractivity contribution in [2.45, 2.75) is 26.2 Å². The van der Waals surface area contributed by atoms with Gasteiger partial charge in [0.1, 0.15) is 5.75 Å². The third-order valence-corrected chi connectivity index (χ3v) is 6.15. The van der Waals surface area contributed by atoms with Gasteiger partial charge >= 0.3 is 5.97 Å². The highest BCUT2D eigenvalue weighted by molar-refractivity contribution is 5.84. The van der Waals surface area contributed by atoms with Crippen LogP contribution in [0, 0.1) is 13.8 Å². The Labute approximate surface area is 170 Å². The molecule has 2 aliphatic heterocycles. The highest BCUT2D eigenvalue weighted by atomic mass is 16.5. The molecule has 1 fully saturated rings. The molecule has 0 saturated carbocycles. The second-order valence-corrected chi connectivity index (χ2v) is 8.29.